The van der Waals surface area contributed by atoms with Crippen molar-refractivity contribution in [3.63, 3.8) is 0 Å². The van der Waals surface area contributed by atoms with Gasteiger partial charge in [-0.05, 0) is 70.8 Å². The molecule has 0 bridgehead atoms. The highest BCUT2D eigenvalue weighted by Crippen LogP contribution is 2.42. The van der Waals surface area contributed by atoms with Gasteiger partial charge in [0.15, 0.2) is 5.58 Å². The Morgan fingerprint density at radius 1 is 0.378 bits per heavy atom. The molecule has 3 heteroatoms. The lowest BCUT2D eigenvalue weighted by molar-refractivity contribution is 0.669. The molecule has 0 spiro atoms. The summed E-state index contributed by atoms with van der Waals surface area (Å²) in [5.41, 5.74) is 11.6. The number of rotatable bonds is 3. The van der Waals surface area contributed by atoms with Gasteiger partial charge in [-0.25, -0.2) is 0 Å². The van der Waals surface area contributed by atoms with E-state index >= 15 is 0 Å². The average molecular weight is 576 g/mol. The number of benzene rings is 7. The largest absolute Gasteiger partial charge is 0.456 e. The van der Waals surface area contributed by atoms with E-state index in [9.17, 15) is 0 Å². The quantitative estimate of drug-likeness (QED) is 0.210. The van der Waals surface area contributed by atoms with E-state index in [0.717, 1.165) is 77.3 Å². The fourth-order valence-electron chi connectivity index (χ4n) is 7.16. The molecule has 0 amide bonds. The van der Waals surface area contributed by atoms with Crippen LogP contribution in [0, 0.1) is 0 Å². The molecule has 7 aromatic carbocycles. The van der Waals surface area contributed by atoms with Crippen molar-refractivity contribution in [2.45, 2.75) is 0 Å². The third-order valence-corrected chi connectivity index (χ3v) is 9.22. The summed E-state index contributed by atoms with van der Waals surface area (Å²) in [7, 11) is 0. The first-order valence-corrected chi connectivity index (χ1v) is 15.3. The van der Waals surface area contributed by atoms with Crippen molar-refractivity contribution in [3.05, 3.63) is 152 Å². The monoisotopic (exact) mass is 575 g/mol. The number of hydrogen-bond donors (Lipinski definition) is 0. The molecule has 3 heterocycles. The van der Waals surface area contributed by atoms with Crippen LogP contribution in [-0.4, -0.2) is 4.57 Å². The molecule has 3 aromatic heterocycles. The van der Waals surface area contributed by atoms with Gasteiger partial charge in [0.1, 0.15) is 16.7 Å². The van der Waals surface area contributed by atoms with E-state index in [2.05, 4.69) is 132 Å². The number of fused-ring (bicyclic) bond motifs is 10. The molecule has 0 radical (unpaired) electrons. The summed E-state index contributed by atoms with van der Waals surface area (Å²) in [4.78, 5) is 0. The zero-order valence-electron chi connectivity index (χ0n) is 24.2. The average Bonchev–Trinajstić information content (AvgIpc) is 3.77. The molecule has 0 saturated carbocycles. The van der Waals surface area contributed by atoms with Gasteiger partial charge in [0.05, 0.1) is 11.0 Å². The zero-order valence-corrected chi connectivity index (χ0v) is 24.2. The first-order chi connectivity index (χ1) is 22.3. The van der Waals surface area contributed by atoms with Crippen LogP contribution in [0.3, 0.4) is 0 Å². The predicted octanol–water partition coefficient (Wildman–Crippen LogP) is 11.9. The van der Waals surface area contributed by atoms with Crippen molar-refractivity contribution in [1.29, 1.82) is 0 Å². The van der Waals surface area contributed by atoms with Crippen LogP contribution in [0.5, 0.6) is 0 Å². The summed E-state index contributed by atoms with van der Waals surface area (Å²) in [6, 6.07) is 53.6. The normalized spacial score (nSPS) is 12.0. The summed E-state index contributed by atoms with van der Waals surface area (Å²) >= 11 is 0. The van der Waals surface area contributed by atoms with Crippen LogP contribution in [0.1, 0.15) is 0 Å². The third-order valence-electron chi connectivity index (χ3n) is 9.22. The lowest BCUT2D eigenvalue weighted by Crippen LogP contribution is -1.94. The highest BCUT2D eigenvalue weighted by molar-refractivity contribution is 6.21. The van der Waals surface area contributed by atoms with E-state index in [-0.39, 0.29) is 0 Å². The SMILES string of the molecule is c1ccc(-c2cc3oc4ccccc4c3cc2-c2ccc(-n3c4ccccc4c4ccc5c6ccccc6oc5c43)cc2)cc1. The van der Waals surface area contributed by atoms with Gasteiger partial charge in [0.2, 0.25) is 0 Å². The van der Waals surface area contributed by atoms with Crippen molar-refractivity contribution in [3.8, 4) is 27.9 Å². The standard InChI is InChI=1S/C42H25NO2/c1-2-10-26(11-3-1)35-25-40-36(31-14-6-8-16-38(31)44-40)24-34(35)27-18-20-28(21-19-27)43-37-15-7-4-12-29(37)32-22-23-33-30-13-5-9-17-39(30)45-42(33)41(32)43/h1-25H. The molecule has 0 atom stereocenters. The summed E-state index contributed by atoms with van der Waals surface area (Å²) in [6.07, 6.45) is 0. The van der Waals surface area contributed by atoms with Crippen LogP contribution >= 0.6 is 0 Å². The van der Waals surface area contributed by atoms with Crippen molar-refractivity contribution in [2.24, 2.45) is 0 Å². The van der Waals surface area contributed by atoms with Crippen LogP contribution in [-0.2, 0) is 0 Å². The molecule has 0 N–H and O–H groups in total. The molecule has 210 valence electrons. The van der Waals surface area contributed by atoms with Gasteiger partial charge in [0, 0.05) is 38.0 Å². The molecule has 0 fully saturated rings. The van der Waals surface area contributed by atoms with Gasteiger partial charge in [-0.2, -0.15) is 0 Å². The van der Waals surface area contributed by atoms with E-state index in [1.807, 2.05) is 24.3 Å². The van der Waals surface area contributed by atoms with Gasteiger partial charge in [-0.3, -0.25) is 0 Å². The highest BCUT2D eigenvalue weighted by Gasteiger charge is 2.19. The maximum Gasteiger partial charge on any atom is 0.160 e. The molecule has 0 aliphatic rings. The Balaban J connectivity index is 1.22. The molecular weight excluding hydrogens is 550 g/mol. The maximum atomic E-state index is 6.55. The molecule has 45 heavy (non-hydrogen) atoms. The summed E-state index contributed by atoms with van der Waals surface area (Å²) in [6.45, 7) is 0. The predicted molar refractivity (Wildman–Crippen MR) is 186 cm³/mol. The Morgan fingerprint density at radius 3 is 1.78 bits per heavy atom. The minimum Gasteiger partial charge on any atom is -0.456 e. The second-order valence-corrected chi connectivity index (χ2v) is 11.7. The lowest BCUT2D eigenvalue weighted by atomic mass is 9.92. The van der Waals surface area contributed by atoms with Gasteiger partial charge < -0.3 is 13.4 Å². The second kappa shape index (κ2) is 9.22. The zero-order chi connectivity index (χ0) is 29.5. The van der Waals surface area contributed by atoms with E-state index in [1.54, 1.807) is 0 Å². The first kappa shape index (κ1) is 24.4. The fraction of sp³-hybridized carbons (Fsp3) is 0. The number of nitrogens with zero attached hydrogens (tertiary/aromatic N) is 1. The van der Waals surface area contributed by atoms with Crippen molar-refractivity contribution >= 4 is 65.7 Å². The maximum absolute atomic E-state index is 6.55. The third kappa shape index (κ3) is 3.52. The molecule has 3 nitrogen and oxygen atoms in total. The Labute approximate surface area is 258 Å². The van der Waals surface area contributed by atoms with Crippen molar-refractivity contribution in [1.82, 2.24) is 4.57 Å². The van der Waals surface area contributed by atoms with Gasteiger partial charge in [0.25, 0.3) is 0 Å². The Hall–Kier alpha value is -6.06. The fourth-order valence-corrected chi connectivity index (χ4v) is 7.16. The van der Waals surface area contributed by atoms with E-state index in [1.165, 1.54) is 16.3 Å². The van der Waals surface area contributed by atoms with E-state index in [4.69, 9.17) is 8.83 Å². The van der Waals surface area contributed by atoms with Crippen LogP contribution in [0.15, 0.2) is 160 Å². The number of furan rings is 2. The van der Waals surface area contributed by atoms with Gasteiger partial charge >= 0.3 is 0 Å². The Morgan fingerprint density at radius 2 is 0.978 bits per heavy atom. The number of aromatic nitrogens is 1. The molecule has 10 rings (SSSR count). The van der Waals surface area contributed by atoms with E-state index < -0.39 is 0 Å². The second-order valence-electron chi connectivity index (χ2n) is 11.7. The van der Waals surface area contributed by atoms with E-state index in [0.29, 0.717) is 0 Å². The lowest BCUT2D eigenvalue weighted by Gasteiger charge is -2.13. The van der Waals surface area contributed by atoms with Crippen molar-refractivity contribution < 1.29 is 8.83 Å². The molecule has 0 unspecified atom stereocenters. The smallest absolute Gasteiger partial charge is 0.160 e. The minimum absolute atomic E-state index is 0.899. The molecule has 0 aliphatic heterocycles. The van der Waals surface area contributed by atoms with Gasteiger partial charge in [-0.15, -0.1) is 0 Å². The highest BCUT2D eigenvalue weighted by atomic mass is 16.3. The molecule has 0 aliphatic carbocycles. The van der Waals surface area contributed by atoms with Crippen LogP contribution < -0.4 is 0 Å². The topological polar surface area (TPSA) is 31.2 Å². The summed E-state index contributed by atoms with van der Waals surface area (Å²) in [5, 5.41) is 6.92. The Kier molecular flexibility index (Phi) is 5.00. The molecular formula is C42H25NO2. The van der Waals surface area contributed by atoms with Crippen LogP contribution in [0.2, 0.25) is 0 Å². The number of hydrogen-bond acceptors (Lipinski definition) is 2. The minimum atomic E-state index is 0.899. The molecule has 10 aromatic rings. The van der Waals surface area contributed by atoms with Gasteiger partial charge in [-0.1, -0.05) is 103 Å². The summed E-state index contributed by atoms with van der Waals surface area (Å²) < 4.78 is 15.2. The van der Waals surface area contributed by atoms with Crippen LogP contribution in [0.25, 0.3) is 93.6 Å². The number of para-hydroxylation sites is 3. The summed E-state index contributed by atoms with van der Waals surface area (Å²) in [5.74, 6) is 0. The Bertz CT molecular complexity index is 2740. The van der Waals surface area contributed by atoms with Crippen LogP contribution in [0.4, 0.5) is 0 Å². The first-order valence-electron chi connectivity index (χ1n) is 15.3. The van der Waals surface area contributed by atoms with Crippen molar-refractivity contribution in [2.75, 3.05) is 0 Å². The molecule has 0 saturated heterocycles.